The Kier molecular flexibility index (Phi) is 4.78. The monoisotopic (exact) mass is 391 g/mol. The van der Waals surface area contributed by atoms with E-state index in [1.165, 1.54) is 4.57 Å². The van der Waals surface area contributed by atoms with Gasteiger partial charge in [-0.05, 0) is 37.3 Å². The van der Waals surface area contributed by atoms with Crippen molar-refractivity contribution in [2.45, 2.75) is 20.0 Å². The van der Waals surface area contributed by atoms with E-state index in [-0.39, 0.29) is 18.3 Å². The lowest BCUT2D eigenvalue weighted by atomic mass is 10.2. The van der Waals surface area contributed by atoms with Crippen LogP contribution < -0.4 is 16.4 Å². The molecule has 4 aromatic rings. The number of carbonyl (C=O) groups excluding carboxylic acids is 1. The van der Waals surface area contributed by atoms with Crippen LogP contribution >= 0.6 is 0 Å². The van der Waals surface area contributed by atoms with Gasteiger partial charge in [0.25, 0.3) is 5.91 Å². The van der Waals surface area contributed by atoms with Gasteiger partial charge in [-0.25, -0.2) is 0 Å². The van der Waals surface area contributed by atoms with Crippen LogP contribution in [0, 0.1) is 0 Å². The van der Waals surface area contributed by atoms with Crippen LogP contribution in [0.4, 0.5) is 0 Å². The van der Waals surface area contributed by atoms with Crippen molar-refractivity contribution in [3.8, 4) is 11.4 Å². The fourth-order valence-electron chi connectivity index (χ4n) is 3.02. The minimum Gasteiger partial charge on any atom is -0.343 e. The third-order valence-electron chi connectivity index (χ3n) is 4.45. The fraction of sp³-hybridized carbons (Fsp3) is 0.150. The van der Waals surface area contributed by atoms with Crippen LogP contribution in [0.2, 0.25) is 0 Å². The van der Waals surface area contributed by atoms with Crippen molar-refractivity contribution in [2.24, 2.45) is 0 Å². The fourth-order valence-corrected chi connectivity index (χ4v) is 3.02. The zero-order valence-corrected chi connectivity index (χ0v) is 15.5. The first kappa shape index (κ1) is 18.4. The molecule has 4 rings (SSSR count). The lowest BCUT2D eigenvalue weighted by Gasteiger charge is -2.07. The van der Waals surface area contributed by atoms with Crippen molar-refractivity contribution in [3.05, 3.63) is 80.7 Å². The first-order chi connectivity index (χ1) is 14.1. The lowest BCUT2D eigenvalue weighted by Crippen LogP contribution is -2.35. The molecular formula is C20H17N5O4. The van der Waals surface area contributed by atoms with Gasteiger partial charge in [0, 0.05) is 17.7 Å². The first-order valence-corrected chi connectivity index (χ1v) is 9.00. The first-order valence-electron chi connectivity index (χ1n) is 9.00. The summed E-state index contributed by atoms with van der Waals surface area (Å²) in [5.41, 5.74) is 0.974. The van der Waals surface area contributed by atoms with E-state index in [4.69, 9.17) is 4.52 Å². The molecular weight excluding hydrogens is 374 g/mol. The molecule has 0 fully saturated rings. The number of fused-ring (bicyclic) bond motifs is 1. The standard InChI is InChI=1S/C20H17N5O4/c1-2-25-15-9-8-13(10-14(15)22-19(27)20(25)28)17-23-16(29-24-17)11-21-18(26)12-6-4-3-5-7-12/h3-10H,2,11H2,1H3,(H,21,26)(H,22,27). The van der Waals surface area contributed by atoms with E-state index in [0.29, 0.717) is 34.5 Å². The van der Waals surface area contributed by atoms with Crippen LogP contribution in [0.3, 0.4) is 0 Å². The maximum Gasteiger partial charge on any atom is 0.316 e. The maximum atomic E-state index is 12.1. The number of benzene rings is 2. The molecule has 9 heteroatoms. The number of hydrogen-bond donors (Lipinski definition) is 2. The highest BCUT2D eigenvalue weighted by atomic mass is 16.5. The van der Waals surface area contributed by atoms with Crippen molar-refractivity contribution in [2.75, 3.05) is 0 Å². The Morgan fingerprint density at radius 1 is 1.17 bits per heavy atom. The van der Waals surface area contributed by atoms with E-state index >= 15 is 0 Å². The van der Waals surface area contributed by atoms with Gasteiger partial charge >= 0.3 is 11.1 Å². The highest BCUT2D eigenvalue weighted by Gasteiger charge is 2.13. The molecule has 9 nitrogen and oxygen atoms in total. The maximum absolute atomic E-state index is 12.1. The second kappa shape index (κ2) is 7.55. The van der Waals surface area contributed by atoms with Crippen LogP contribution in [0.25, 0.3) is 22.4 Å². The molecule has 0 atom stereocenters. The number of aryl methyl sites for hydroxylation is 1. The summed E-state index contributed by atoms with van der Waals surface area (Å²) >= 11 is 0. The Hall–Kier alpha value is -4.01. The number of nitrogens with zero attached hydrogens (tertiary/aromatic N) is 3. The predicted molar refractivity (Wildman–Crippen MR) is 105 cm³/mol. The minimum absolute atomic E-state index is 0.0838. The normalized spacial score (nSPS) is 10.9. The second-order valence-corrected chi connectivity index (χ2v) is 6.30. The summed E-state index contributed by atoms with van der Waals surface area (Å²) in [6.45, 7) is 2.26. The quantitative estimate of drug-likeness (QED) is 0.499. The minimum atomic E-state index is -0.686. The molecule has 0 aliphatic carbocycles. The van der Waals surface area contributed by atoms with E-state index in [1.54, 1.807) is 49.4 Å². The molecule has 1 amide bonds. The molecule has 0 aliphatic rings. The summed E-state index contributed by atoms with van der Waals surface area (Å²) < 4.78 is 6.60. The number of hydrogen-bond acceptors (Lipinski definition) is 6. The number of carbonyl (C=O) groups is 1. The summed E-state index contributed by atoms with van der Waals surface area (Å²) in [5.74, 6) is 0.313. The molecule has 29 heavy (non-hydrogen) atoms. The SMILES string of the molecule is CCn1c(=O)c(=O)[nH]c2cc(-c3noc(CNC(=O)c4ccccc4)n3)ccc21. The molecule has 0 saturated heterocycles. The van der Waals surface area contributed by atoms with E-state index in [1.807, 2.05) is 6.07 Å². The average Bonchev–Trinajstić information content (AvgIpc) is 3.22. The molecule has 0 aliphatic heterocycles. The van der Waals surface area contributed by atoms with Crippen molar-refractivity contribution in [1.29, 1.82) is 0 Å². The molecule has 2 aromatic carbocycles. The van der Waals surface area contributed by atoms with Crippen LogP contribution in [0.15, 0.2) is 62.6 Å². The number of amides is 1. The molecule has 2 N–H and O–H groups in total. The second-order valence-electron chi connectivity index (χ2n) is 6.30. The third-order valence-corrected chi connectivity index (χ3v) is 4.45. The van der Waals surface area contributed by atoms with Gasteiger partial charge in [-0.1, -0.05) is 23.4 Å². The highest BCUT2D eigenvalue weighted by molar-refractivity contribution is 5.94. The van der Waals surface area contributed by atoms with Gasteiger partial charge in [0.15, 0.2) is 0 Å². The summed E-state index contributed by atoms with van der Waals surface area (Å²) in [7, 11) is 0. The zero-order valence-electron chi connectivity index (χ0n) is 15.5. The summed E-state index contributed by atoms with van der Waals surface area (Å²) in [5, 5.41) is 6.65. The van der Waals surface area contributed by atoms with Crippen molar-refractivity contribution in [1.82, 2.24) is 25.0 Å². The van der Waals surface area contributed by atoms with E-state index in [0.717, 1.165) is 0 Å². The smallest absolute Gasteiger partial charge is 0.316 e. The highest BCUT2D eigenvalue weighted by Crippen LogP contribution is 2.20. The Morgan fingerprint density at radius 3 is 2.72 bits per heavy atom. The summed E-state index contributed by atoms with van der Waals surface area (Å²) in [6, 6.07) is 13.9. The van der Waals surface area contributed by atoms with E-state index in [9.17, 15) is 14.4 Å². The Morgan fingerprint density at radius 2 is 1.97 bits per heavy atom. The van der Waals surface area contributed by atoms with Gasteiger partial charge in [-0.15, -0.1) is 0 Å². The van der Waals surface area contributed by atoms with Gasteiger partial charge in [0.2, 0.25) is 11.7 Å². The summed E-state index contributed by atoms with van der Waals surface area (Å²) in [4.78, 5) is 42.8. The van der Waals surface area contributed by atoms with Crippen LogP contribution in [0.5, 0.6) is 0 Å². The summed E-state index contributed by atoms with van der Waals surface area (Å²) in [6.07, 6.45) is 0. The van der Waals surface area contributed by atoms with Gasteiger partial charge in [-0.3, -0.25) is 14.4 Å². The van der Waals surface area contributed by atoms with Crippen molar-refractivity contribution in [3.63, 3.8) is 0 Å². The van der Waals surface area contributed by atoms with Gasteiger partial charge < -0.3 is 19.4 Å². The van der Waals surface area contributed by atoms with E-state index < -0.39 is 11.1 Å². The molecule has 0 unspecified atom stereocenters. The van der Waals surface area contributed by atoms with Crippen LogP contribution in [-0.2, 0) is 13.1 Å². The number of rotatable bonds is 5. The van der Waals surface area contributed by atoms with Gasteiger partial charge in [0.05, 0.1) is 17.6 Å². The number of nitrogens with one attached hydrogen (secondary N) is 2. The average molecular weight is 391 g/mol. The molecule has 0 radical (unpaired) electrons. The van der Waals surface area contributed by atoms with E-state index in [2.05, 4.69) is 20.4 Å². The number of H-pyrrole nitrogens is 1. The molecule has 0 saturated carbocycles. The zero-order chi connectivity index (χ0) is 20.4. The molecule has 146 valence electrons. The molecule has 2 aromatic heterocycles. The Labute approximate surface area is 164 Å². The molecule has 0 spiro atoms. The van der Waals surface area contributed by atoms with Crippen LogP contribution in [-0.4, -0.2) is 25.6 Å². The van der Waals surface area contributed by atoms with Gasteiger partial charge in [0.1, 0.15) is 0 Å². The molecule has 2 heterocycles. The van der Waals surface area contributed by atoms with Gasteiger partial charge in [-0.2, -0.15) is 4.98 Å². The number of aromatic amines is 1. The Bertz CT molecular complexity index is 1300. The molecule has 0 bridgehead atoms. The largest absolute Gasteiger partial charge is 0.343 e. The topological polar surface area (TPSA) is 123 Å². The van der Waals surface area contributed by atoms with Crippen molar-refractivity contribution < 1.29 is 9.32 Å². The van der Waals surface area contributed by atoms with Crippen LogP contribution in [0.1, 0.15) is 23.2 Å². The van der Waals surface area contributed by atoms with Crippen molar-refractivity contribution >= 4 is 16.9 Å². The lowest BCUT2D eigenvalue weighted by molar-refractivity contribution is 0.0946. The number of aromatic nitrogens is 4. The Balaban J connectivity index is 1.57. The third kappa shape index (κ3) is 3.57. The predicted octanol–water partition coefficient (Wildman–Crippen LogP) is 1.69.